The fraction of sp³-hybridized carbons (Fsp3) is 0.222. The van der Waals surface area contributed by atoms with Crippen LogP contribution in [-0.4, -0.2) is 19.8 Å². The van der Waals surface area contributed by atoms with E-state index in [0.29, 0.717) is 15.8 Å². The molecule has 0 aromatic heterocycles. The third kappa shape index (κ3) is 2.28. The second-order valence-corrected chi connectivity index (χ2v) is 3.39. The highest BCUT2D eigenvalue weighted by Crippen LogP contribution is 2.24. The molecule has 0 amide bonds. The molecule has 0 unspecified atom stereocenters. The van der Waals surface area contributed by atoms with Crippen LogP contribution < -0.4 is 5.32 Å². The molecule has 0 aliphatic heterocycles. The van der Waals surface area contributed by atoms with E-state index in [1.54, 1.807) is 26.4 Å². The van der Waals surface area contributed by atoms with E-state index < -0.39 is 0 Å². The minimum absolute atomic E-state index is 0.288. The summed E-state index contributed by atoms with van der Waals surface area (Å²) in [6.45, 7) is 0. The minimum Gasteiger partial charge on any atom is -0.393 e. The van der Waals surface area contributed by atoms with Crippen LogP contribution in [0.5, 0.6) is 0 Å². The van der Waals surface area contributed by atoms with Crippen LogP contribution in [0.1, 0.15) is 0 Å². The third-order valence-electron chi connectivity index (χ3n) is 1.60. The third-order valence-corrected chi connectivity index (χ3v) is 2.06. The zero-order valence-electron chi connectivity index (χ0n) is 7.44. The largest absolute Gasteiger partial charge is 0.393 e. The van der Waals surface area contributed by atoms with E-state index in [-0.39, 0.29) is 5.83 Å². The van der Waals surface area contributed by atoms with Gasteiger partial charge in [-0.1, -0.05) is 15.9 Å². The van der Waals surface area contributed by atoms with Crippen LogP contribution in [0.15, 0.2) is 39.2 Å². The molecular formula is C9H10BrFN2. The Balaban J connectivity index is 3.12. The van der Waals surface area contributed by atoms with Crippen molar-refractivity contribution < 1.29 is 4.39 Å². The van der Waals surface area contributed by atoms with Gasteiger partial charge in [-0.25, -0.2) is 4.39 Å². The predicted octanol–water partition coefficient (Wildman–Crippen LogP) is 2.31. The molecule has 13 heavy (non-hydrogen) atoms. The Bertz CT molecular complexity index is 327. The van der Waals surface area contributed by atoms with Crippen LogP contribution in [0.3, 0.4) is 0 Å². The second-order valence-electron chi connectivity index (χ2n) is 2.48. The van der Waals surface area contributed by atoms with Crippen molar-refractivity contribution in [2.24, 2.45) is 4.99 Å². The van der Waals surface area contributed by atoms with Gasteiger partial charge >= 0.3 is 0 Å². The maximum absolute atomic E-state index is 13.3. The van der Waals surface area contributed by atoms with Crippen molar-refractivity contribution in [2.75, 3.05) is 14.1 Å². The first-order valence-corrected chi connectivity index (χ1v) is 4.57. The summed E-state index contributed by atoms with van der Waals surface area (Å²) in [6, 6.07) is 0. The first-order chi connectivity index (χ1) is 6.19. The van der Waals surface area contributed by atoms with E-state index in [1.165, 1.54) is 6.08 Å². The summed E-state index contributed by atoms with van der Waals surface area (Å²) >= 11 is 3.20. The van der Waals surface area contributed by atoms with E-state index in [4.69, 9.17) is 0 Å². The molecule has 0 atom stereocenters. The van der Waals surface area contributed by atoms with E-state index in [0.717, 1.165) is 0 Å². The number of rotatable bonds is 1. The zero-order valence-corrected chi connectivity index (χ0v) is 9.02. The van der Waals surface area contributed by atoms with Gasteiger partial charge < -0.3 is 5.32 Å². The van der Waals surface area contributed by atoms with Gasteiger partial charge in [0.25, 0.3) is 0 Å². The second kappa shape index (κ2) is 4.37. The molecule has 2 nitrogen and oxygen atoms in total. The highest BCUT2D eigenvalue weighted by atomic mass is 79.9. The smallest absolute Gasteiger partial charge is 0.135 e. The molecule has 0 saturated heterocycles. The van der Waals surface area contributed by atoms with Crippen molar-refractivity contribution in [3.05, 3.63) is 34.2 Å². The van der Waals surface area contributed by atoms with Gasteiger partial charge in [-0.05, 0) is 12.2 Å². The van der Waals surface area contributed by atoms with Crippen molar-refractivity contribution in [1.82, 2.24) is 5.32 Å². The minimum atomic E-state index is -0.288. The summed E-state index contributed by atoms with van der Waals surface area (Å²) in [5.41, 5.74) is 1.11. The van der Waals surface area contributed by atoms with Crippen molar-refractivity contribution in [3.8, 4) is 0 Å². The molecule has 0 bridgehead atoms. The number of nitrogens with one attached hydrogen (secondary N) is 1. The summed E-state index contributed by atoms with van der Waals surface area (Å²) in [4.78, 5) is 3.97. The number of halogens is 2. The van der Waals surface area contributed by atoms with Crippen molar-refractivity contribution in [3.63, 3.8) is 0 Å². The molecule has 0 spiro atoms. The predicted molar refractivity (Wildman–Crippen MR) is 56.7 cm³/mol. The number of nitrogens with zero attached hydrogens (tertiary/aromatic N) is 1. The molecule has 70 valence electrons. The number of aliphatic imine (C=N–C) groups is 1. The van der Waals surface area contributed by atoms with Gasteiger partial charge in [0.2, 0.25) is 0 Å². The molecule has 1 aliphatic carbocycles. The van der Waals surface area contributed by atoms with Gasteiger partial charge in [-0.2, -0.15) is 0 Å². The molecule has 0 fully saturated rings. The molecule has 0 aromatic rings. The Hall–Kier alpha value is -0.900. The van der Waals surface area contributed by atoms with E-state index in [9.17, 15) is 4.39 Å². The van der Waals surface area contributed by atoms with Crippen molar-refractivity contribution in [2.45, 2.75) is 0 Å². The molecule has 0 heterocycles. The van der Waals surface area contributed by atoms with Gasteiger partial charge in [0, 0.05) is 24.8 Å². The van der Waals surface area contributed by atoms with Gasteiger partial charge in [-0.3, -0.25) is 4.99 Å². The monoisotopic (exact) mass is 244 g/mol. The van der Waals surface area contributed by atoms with E-state index >= 15 is 0 Å². The van der Waals surface area contributed by atoms with Crippen LogP contribution >= 0.6 is 15.9 Å². The molecule has 0 aromatic carbocycles. The van der Waals surface area contributed by atoms with Crippen molar-refractivity contribution >= 4 is 21.6 Å². The summed E-state index contributed by atoms with van der Waals surface area (Å²) in [6.07, 6.45) is 4.77. The molecule has 4 heteroatoms. The number of hydrogen-bond donors (Lipinski definition) is 1. The molecule has 0 radical (unpaired) electrons. The average molecular weight is 245 g/mol. The molecule has 1 rings (SSSR count). The van der Waals surface area contributed by atoms with E-state index in [2.05, 4.69) is 26.2 Å². The van der Waals surface area contributed by atoms with Gasteiger partial charge in [0.15, 0.2) is 0 Å². The summed E-state index contributed by atoms with van der Waals surface area (Å²) in [5, 5.41) is 2.78. The van der Waals surface area contributed by atoms with Crippen LogP contribution in [0, 0.1) is 0 Å². The Morgan fingerprint density at radius 3 is 2.77 bits per heavy atom. The SMILES string of the molecule is C/N=C1/C=C(Br)C=C(F)/C1=C/NC. The standard InChI is InChI=1S/C9H10BrFN2/c1-12-5-7-8(11)3-6(10)4-9(7)13-2/h3-5,12H,1-2H3/b7-5-,13-9-. The summed E-state index contributed by atoms with van der Waals surface area (Å²) < 4.78 is 14.0. The maximum Gasteiger partial charge on any atom is 0.135 e. The lowest BCUT2D eigenvalue weighted by Crippen LogP contribution is -2.09. The first-order valence-electron chi connectivity index (χ1n) is 3.78. The zero-order chi connectivity index (χ0) is 9.84. The van der Waals surface area contributed by atoms with Crippen LogP contribution in [0.2, 0.25) is 0 Å². The van der Waals surface area contributed by atoms with Crippen molar-refractivity contribution in [1.29, 1.82) is 0 Å². The van der Waals surface area contributed by atoms with E-state index in [1.807, 2.05) is 0 Å². The Morgan fingerprint density at radius 2 is 2.23 bits per heavy atom. The highest BCUT2D eigenvalue weighted by molar-refractivity contribution is 9.11. The maximum atomic E-state index is 13.3. The normalized spacial score (nSPS) is 23.1. The molecular weight excluding hydrogens is 235 g/mol. The van der Waals surface area contributed by atoms with Crippen LogP contribution in [-0.2, 0) is 0 Å². The lowest BCUT2D eigenvalue weighted by Gasteiger charge is -2.10. The first kappa shape index (κ1) is 10.2. The quantitative estimate of drug-likeness (QED) is 0.753. The topological polar surface area (TPSA) is 24.4 Å². The summed E-state index contributed by atoms with van der Waals surface area (Å²) in [5.74, 6) is -0.288. The fourth-order valence-corrected chi connectivity index (χ4v) is 1.46. The van der Waals surface area contributed by atoms with Gasteiger partial charge in [0.1, 0.15) is 5.83 Å². The average Bonchev–Trinajstić information content (AvgIpc) is 2.09. The lowest BCUT2D eigenvalue weighted by atomic mass is 10.1. The molecule has 1 N–H and O–H groups in total. The number of allylic oxidation sites excluding steroid dienone is 5. The Labute approximate surface area is 85.1 Å². The number of hydrogen-bond acceptors (Lipinski definition) is 2. The molecule has 0 saturated carbocycles. The van der Waals surface area contributed by atoms with Gasteiger partial charge in [0.05, 0.1) is 11.3 Å². The van der Waals surface area contributed by atoms with Crippen LogP contribution in [0.25, 0.3) is 0 Å². The van der Waals surface area contributed by atoms with Crippen LogP contribution in [0.4, 0.5) is 4.39 Å². The summed E-state index contributed by atoms with van der Waals surface area (Å²) in [7, 11) is 3.36. The highest BCUT2D eigenvalue weighted by Gasteiger charge is 2.14. The Morgan fingerprint density at radius 1 is 1.54 bits per heavy atom. The molecule has 1 aliphatic rings. The Kier molecular flexibility index (Phi) is 3.42. The van der Waals surface area contributed by atoms with Gasteiger partial charge in [-0.15, -0.1) is 0 Å². The lowest BCUT2D eigenvalue weighted by molar-refractivity contribution is 0.657. The fourth-order valence-electron chi connectivity index (χ4n) is 1.04.